The highest BCUT2D eigenvalue weighted by Crippen LogP contribution is 2.17. The second-order valence-corrected chi connectivity index (χ2v) is 5.07. The Labute approximate surface area is 141 Å². The van der Waals surface area contributed by atoms with Gasteiger partial charge >= 0.3 is 0 Å². The van der Waals surface area contributed by atoms with Crippen LogP contribution in [0.1, 0.15) is 26.3 Å². The minimum atomic E-state index is -0.209. The van der Waals surface area contributed by atoms with Crippen molar-refractivity contribution in [1.29, 1.82) is 0 Å². The zero-order chi connectivity index (χ0) is 17.4. The molecule has 0 saturated heterocycles. The van der Waals surface area contributed by atoms with Crippen LogP contribution in [0.25, 0.3) is 0 Å². The van der Waals surface area contributed by atoms with Crippen molar-refractivity contribution in [2.75, 3.05) is 13.7 Å². The van der Waals surface area contributed by atoms with Gasteiger partial charge in [-0.3, -0.25) is 9.59 Å². The third kappa shape index (κ3) is 4.46. The zero-order valence-electron chi connectivity index (χ0n) is 13.5. The second-order valence-electron chi connectivity index (χ2n) is 5.07. The van der Waals surface area contributed by atoms with Gasteiger partial charge in [-0.25, -0.2) is 0 Å². The number of methoxy groups -OCH3 is 1. The summed E-state index contributed by atoms with van der Waals surface area (Å²) >= 11 is 0. The van der Waals surface area contributed by atoms with Crippen molar-refractivity contribution in [3.8, 4) is 5.75 Å². The standard InChI is InChI=1S/C19H20N2O3/c1-3-12-20-18(22)14-8-10-15(11-9-14)19(23)21-13-16-6-4-5-7-17(16)24-2/h3-11H,1,12-13H2,2H3,(H,20,22)(H,21,23). The molecule has 0 unspecified atom stereocenters. The number of hydrogen-bond acceptors (Lipinski definition) is 3. The number of para-hydroxylation sites is 1. The molecule has 0 aliphatic heterocycles. The van der Waals surface area contributed by atoms with Gasteiger partial charge in [0.05, 0.1) is 7.11 Å². The van der Waals surface area contributed by atoms with E-state index in [0.29, 0.717) is 24.2 Å². The van der Waals surface area contributed by atoms with Gasteiger partial charge in [-0.05, 0) is 30.3 Å². The van der Waals surface area contributed by atoms with E-state index in [0.717, 1.165) is 11.3 Å². The first-order chi connectivity index (χ1) is 11.7. The van der Waals surface area contributed by atoms with Gasteiger partial charge in [-0.2, -0.15) is 0 Å². The van der Waals surface area contributed by atoms with Crippen LogP contribution in [0.15, 0.2) is 61.2 Å². The molecule has 0 spiro atoms. The average molecular weight is 324 g/mol. The van der Waals surface area contributed by atoms with Crippen molar-refractivity contribution in [3.05, 3.63) is 77.9 Å². The molecule has 5 nitrogen and oxygen atoms in total. The summed E-state index contributed by atoms with van der Waals surface area (Å²) in [5.41, 5.74) is 1.89. The van der Waals surface area contributed by atoms with E-state index < -0.39 is 0 Å². The van der Waals surface area contributed by atoms with Gasteiger partial charge < -0.3 is 15.4 Å². The van der Waals surface area contributed by atoms with Gasteiger partial charge in [0.25, 0.3) is 11.8 Å². The number of benzene rings is 2. The monoisotopic (exact) mass is 324 g/mol. The van der Waals surface area contributed by atoms with Crippen LogP contribution in [-0.4, -0.2) is 25.5 Å². The number of ether oxygens (including phenoxy) is 1. The third-order valence-electron chi connectivity index (χ3n) is 3.45. The second kappa shape index (κ2) is 8.53. The lowest BCUT2D eigenvalue weighted by Crippen LogP contribution is -2.24. The Balaban J connectivity index is 1.97. The molecule has 24 heavy (non-hydrogen) atoms. The van der Waals surface area contributed by atoms with Gasteiger partial charge in [0.2, 0.25) is 0 Å². The molecule has 2 amide bonds. The van der Waals surface area contributed by atoms with Gasteiger partial charge in [0.15, 0.2) is 0 Å². The Morgan fingerprint density at radius 2 is 1.58 bits per heavy atom. The van der Waals surface area contributed by atoms with E-state index in [4.69, 9.17) is 4.74 Å². The highest BCUT2D eigenvalue weighted by Gasteiger charge is 2.09. The maximum atomic E-state index is 12.2. The molecule has 0 aliphatic carbocycles. The SMILES string of the molecule is C=CCNC(=O)c1ccc(C(=O)NCc2ccccc2OC)cc1. The average Bonchev–Trinajstić information content (AvgIpc) is 2.64. The third-order valence-corrected chi connectivity index (χ3v) is 3.45. The van der Waals surface area contributed by atoms with Crippen molar-refractivity contribution in [3.63, 3.8) is 0 Å². The summed E-state index contributed by atoms with van der Waals surface area (Å²) < 4.78 is 5.25. The Kier molecular flexibility index (Phi) is 6.14. The fourth-order valence-corrected chi connectivity index (χ4v) is 2.17. The number of carbonyl (C=O) groups is 2. The van der Waals surface area contributed by atoms with Gasteiger partial charge in [0.1, 0.15) is 5.75 Å². The van der Waals surface area contributed by atoms with E-state index in [9.17, 15) is 9.59 Å². The van der Waals surface area contributed by atoms with Crippen LogP contribution in [0.4, 0.5) is 0 Å². The first-order valence-corrected chi connectivity index (χ1v) is 7.55. The van der Waals surface area contributed by atoms with Crippen molar-refractivity contribution in [2.45, 2.75) is 6.54 Å². The Morgan fingerprint density at radius 1 is 1.00 bits per heavy atom. The van der Waals surface area contributed by atoms with E-state index in [1.54, 1.807) is 37.5 Å². The van der Waals surface area contributed by atoms with Crippen molar-refractivity contribution in [2.24, 2.45) is 0 Å². The largest absolute Gasteiger partial charge is 0.496 e. The Hall–Kier alpha value is -3.08. The van der Waals surface area contributed by atoms with Crippen LogP contribution >= 0.6 is 0 Å². The predicted molar refractivity (Wildman–Crippen MR) is 93.1 cm³/mol. The molecular formula is C19H20N2O3. The summed E-state index contributed by atoms with van der Waals surface area (Å²) in [4.78, 5) is 24.0. The van der Waals surface area contributed by atoms with E-state index in [-0.39, 0.29) is 11.8 Å². The lowest BCUT2D eigenvalue weighted by atomic mass is 10.1. The Morgan fingerprint density at radius 3 is 2.17 bits per heavy atom. The number of carbonyl (C=O) groups excluding carboxylic acids is 2. The molecule has 0 heterocycles. The quantitative estimate of drug-likeness (QED) is 0.769. The summed E-state index contributed by atoms with van der Waals surface area (Å²) in [6.45, 7) is 4.31. The predicted octanol–water partition coefficient (Wildman–Crippen LogP) is 2.54. The van der Waals surface area contributed by atoms with Gasteiger partial charge in [-0.15, -0.1) is 6.58 Å². The summed E-state index contributed by atoms with van der Waals surface area (Å²) in [7, 11) is 1.59. The lowest BCUT2D eigenvalue weighted by molar-refractivity contribution is 0.0942. The summed E-state index contributed by atoms with van der Waals surface area (Å²) in [6, 6.07) is 14.0. The molecule has 2 rings (SSSR count). The van der Waals surface area contributed by atoms with Crippen molar-refractivity contribution < 1.29 is 14.3 Å². The molecule has 5 heteroatoms. The maximum Gasteiger partial charge on any atom is 0.251 e. The highest BCUT2D eigenvalue weighted by molar-refractivity contribution is 5.97. The molecule has 124 valence electrons. The molecule has 0 radical (unpaired) electrons. The summed E-state index contributed by atoms with van der Waals surface area (Å²) in [6.07, 6.45) is 1.61. The van der Waals surface area contributed by atoms with E-state index in [1.807, 2.05) is 24.3 Å². The minimum Gasteiger partial charge on any atom is -0.496 e. The Bertz CT molecular complexity index is 724. The zero-order valence-corrected chi connectivity index (χ0v) is 13.5. The van der Waals surface area contributed by atoms with Crippen LogP contribution in [-0.2, 0) is 6.54 Å². The van der Waals surface area contributed by atoms with Crippen molar-refractivity contribution >= 4 is 11.8 Å². The van der Waals surface area contributed by atoms with Gasteiger partial charge in [-0.1, -0.05) is 24.3 Å². The molecular weight excluding hydrogens is 304 g/mol. The maximum absolute atomic E-state index is 12.2. The first kappa shape index (κ1) is 17.3. The normalized spacial score (nSPS) is 9.88. The summed E-state index contributed by atoms with van der Waals surface area (Å²) in [5, 5.41) is 5.53. The molecule has 0 bridgehead atoms. The molecule has 2 aromatic carbocycles. The number of nitrogens with one attached hydrogen (secondary N) is 2. The summed E-state index contributed by atoms with van der Waals surface area (Å²) in [5.74, 6) is 0.321. The highest BCUT2D eigenvalue weighted by atomic mass is 16.5. The minimum absolute atomic E-state index is 0.198. The lowest BCUT2D eigenvalue weighted by Gasteiger charge is -2.10. The van der Waals surface area contributed by atoms with E-state index >= 15 is 0 Å². The van der Waals surface area contributed by atoms with Crippen LogP contribution < -0.4 is 15.4 Å². The smallest absolute Gasteiger partial charge is 0.251 e. The fraction of sp³-hybridized carbons (Fsp3) is 0.158. The molecule has 2 N–H and O–H groups in total. The number of hydrogen-bond donors (Lipinski definition) is 2. The van der Waals surface area contributed by atoms with Crippen LogP contribution in [0, 0.1) is 0 Å². The van der Waals surface area contributed by atoms with Gasteiger partial charge in [0, 0.05) is 29.8 Å². The first-order valence-electron chi connectivity index (χ1n) is 7.55. The van der Waals surface area contributed by atoms with E-state index in [2.05, 4.69) is 17.2 Å². The number of rotatable bonds is 7. The van der Waals surface area contributed by atoms with Crippen LogP contribution in [0.5, 0.6) is 5.75 Å². The molecule has 0 atom stereocenters. The van der Waals surface area contributed by atoms with Crippen LogP contribution in [0.2, 0.25) is 0 Å². The topological polar surface area (TPSA) is 67.4 Å². The molecule has 2 aromatic rings. The van der Waals surface area contributed by atoms with E-state index in [1.165, 1.54) is 0 Å². The molecule has 0 aliphatic rings. The molecule has 0 aromatic heterocycles. The molecule has 0 fully saturated rings. The fourth-order valence-electron chi connectivity index (χ4n) is 2.17. The number of amides is 2. The van der Waals surface area contributed by atoms with Crippen molar-refractivity contribution in [1.82, 2.24) is 10.6 Å². The van der Waals surface area contributed by atoms with Crippen LogP contribution in [0.3, 0.4) is 0 Å². The molecule has 0 saturated carbocycles.